The molecule has 1 aliphatic heterocycles. The molecule has 0 fully saturated rings. The molecule has 20 heavy (non-hydrogen) atoms. The summed E-state index contributed by atoms with van der Waals surface area (Å²) in [7, 11) is -3.29. The normalized spacial score (nSPS) is 16.4. The Kier molecular flexibility index (Phi) is 4.87. The van der Waals surface area contributed by atoms with E-state index in [0.717, 1.165) is 18.5 Å². The fourth-order valence-corrected chi connectivity index (χ4v) is 2.73. The highest BCUT2D eigenvalue weighted by atomic mass is 32.3. The Morgan fingerprint density at radius 1 is 1.40 bits per heavy atom. The molecule has 1 aliphatic rings. The molecule has 2 rings (SSSR count). The number of hydrogen-bond donors (Lipinski definition) is 0. The minimum Gasteiger partial charge on any atom is -0.726 e. The van der Waals surface area contributed by atoms with Crippen molar-refractivity contribution < 1.29 is 26.5 Å². The second-order valence-electron chi connectivity index (χ2n) is 4.65. The van der Waals surface area contributed by atoms with Crippen LogP contribution in [-0.4, -0.2) is 56.7 Å². The molecule has 0 radical (unpaired) electrons. The lowest BCUT2D eigenvalue weighted by Crippen LogP contribution is -2.35. The Labute approximate surface area is 118 Å². The Morgan fingerprint density at radius 2 is 2.15 bits per heavy atom. The molecule has 0 bridgehead atoms. The van der Waals surface area contributed by atoms with Crippen LogP contribution >= 0.6 is 0 Å². The van der Waals surface area contributed by atoms with E-state index in [9.17, 15) is 13.0 Å². The fraction of sp³-hybridized carbons (Fsp3) is 0.462. The zero-order valence-corrected chi connectivity index (χ0v) is 12.0. The lowest BCUT2D eigenvalue weighted by atomic mass is 10.0. The number of benzene rings is 1. The van der Waals surface area contributed by atoms with Gasteiger partial charge in [-0.25, -0.2) is 13.0 Å². The first kappa shape index (κ1) is 15.1. The second-order valence-corrected chi connectivity index (χ2v) is 5.66. The summed E-state index contributed by atoms with van der Waals surface area (Å²) in [6.45, 7) is 1.09. The van der Waals surface area contributed by atoms with Gasteiger partial charge in [0.25, 0.3) is 0 Å². The summed E-state index contributed by atoms with van der Waals surface area (Å²) in [4.78, 5) is 0. The lowest BCUT2D eigenvalue weighted by Gasteiger charge is -2.19. The number of hydrogen-bond acceptors (Lipinski definition) is 5. The largest absolute Gasteiger partial charge is 0.726 e. The molecule has 0 N–H and O–H groups in total. The summed E-state index contributed by atoms with van der Waals surface area (Å²) in [5.74, 6) is 0. The number of nitrogens with zero attached hydrogens (tertiary/aromatic N) is 1. The van der Waals surface area contributed by atoms with Crippen LogP contribution in [0.1, 0.15) is 11.1 Å². The van der Waals surface area contributed by atoms with Gasteiger partial charge >= 0.3 is 0 Å². The van der Waals surface area contributed by atoms with Gasteiger partial charge in [0.2, 0.25) is 10.4 Å². The maximum Gasteiger partial charge on any atom is 0.218 e. The van der Waals surface area contributed by atoms with Crippen LogP contribution in [0, 0.1) is 0 Å². The van der Waals surface area contributed by atoms with E-state index in [1.165, 1.54) is 12.7 Å². The number of ether oxygens (including phenoxy) is 1. The van der Waals surface area contributed by atoms with Crippen molar-refractivity contribution in [3.63, 3.8) is 0 Å². The number of fused-ring (bicyclic) bond motifs is 1. The predicted octanol–water partition coefficient (Wildman–Crippen LogP) is 0.166. The van der Waals surface area contributed by atoms with Gasteiger partial charge in [-0.3, -0.25) is 4.18 Å². The maximum absolute atomic E-state index is 10.7. The summed E-state index contributed by atoms with van der Waals surface area (Å²) in [5.41, 5.74) is 2.35. The van der Waals surface area contributed by atoms with Crippen LogP contribution in [0.3, 0.4) is 0 Å². The summed E-state index contributed by atoms with van der Waals surface area (Å²) < 4.78 is 43.4. The minimum atomic E-state index is -4.73. The van der Waals surface area contributed by atoms with Gasteiger partial charge in [0.1, 0.15) is 6.54 Å². The van der Waals surface area contributed by atoms with Gasteiger partial charge in [0, 0.05) is 19.1 Å². The molecule has 1 heterocycles. The van der Waals surface area contributed by atoms with Gasteiger partial charge in [0.15, 0.2) is 18.9 Å². The van der Waals surface area contributed by atoms with Gasteiger partial charge in [-0.1, -0.05) is 18.2 Å². The van der Waals surface area contributed by atoms with Crippen molar-refractivity contribution >= 4 is 16.6 Å². The van der Waals surface area contributed by atoms with Crippen molar-refractivity contribution in [2.24, 2.45) is 0 Å². The standard InChI is InChI=1S/C13H17NO5S/c1-18-10-13(19-20(15,16)17)9-14-7-6-11-4-2-3-5-12(11)8-14/h2-5,8,13H,6-7,9-10H2,1H3. The molecule has 0 spiro atoms. The third kappa shape index (κ3) is 4.38. The van der Waals surface area contributed by atoms with E-state index < -0.39 is 16.5 Å². The fourth-order valence-electron chi connectivity index (χ4n) is 2.28. The SMILES string of the molecule is COCC(C[N+]1=Cc2ccccc2CC1)OS(=O)(=O)[O-]. The van der Waals surface area contributed by atoms with Gasteiger partial charge in [-0.2, -0.15) is 0 Å². The van der Waals surface area contributed by atoms with E-state index in [2.05, 4.69) is 10.2 Å². The third-order valence-corrected chi connectivity index (χ3v) is 3.60. The van der Waals surface area contributed by atoms with Crippen LogP contribution in [0.2, 0.25) is 0 Å². The molecule has 1 aromatic rings. The van der Waals surface area contributed by atoms with E-state index in [0.29, 0.717) is 6.54 Å². The van der Waals surface area contributed by atoms with Crippen molar-refractivity contribution in [2.45, 2.75) is 12.5 Å². The molecule has 0 aromatic heterocycles. The zero-order valence-electron chi connectivity index (χ0n) is 11.2. The molecule has 6 nitrogen and oxygen atoms in total. The van der Waals surface area contributed by atoms with Crippen molar-refractivity contribution in [3.05, 3.63) is 35.4 Å². The average Bonchev–Trinajstić information content (AvgIpc) is 2.37. The highest BCUT2D eigenvalue weighted by Crippen LogP contribution is 2.12. The lowest BCUT2D eigenvalue weighted by molar-refractivity contribution is -0.532. The van der Waals surface area contributed by atoms with Gasteiger partial charge < -0.3 is 9.29 Å². The van der Waals surface area contributed by atoms with Crippen molar-refractivity contribution in [1.29, 1.82) is 0 Å². The van der Waals surface area contributed by atoms with Crippen LogP contribution < -0.4 is 0 Å². The molecule has 1 atom stereocenters. The van der Waals surface area contributed by atoms with Crippen molar-refractivity contribution in [3.8, 4) is 0 Å². The Morgan fingerprint density at radius 3 is 2.85 bits per heavy atom. The monoisotopic (exact) mass is 299 g/mol. The highest BCUT2D eigenvalue weighted by Gasteiger charge is 2.22. The summed E-state index contributed by atoms with van der Waals surface area (Å²) in [6, 6.07) is 8.00. The number of methoxy groups -OCH3 is 1. The molecule has 0 amide bonds. The molecule has 0 saturated heterocycles. The summed E-state index contributed by atoms with van der Waals surface area (Å²) >= 11 is 0. The Hall–Kier alpha value is -1.28. The van der Waals surface area contributed by atoms with Crippen LogP contribution in [0.5, 0.6) is 0 Å². The minimum absolute atomic E-state index is 0.0491. The van der Waals surface area contributed by atoms with Gasteiger partial charge in [-0.05, 0) is 11.6 Å². The summed E-state index contributed by atoms with van der Waals surface area (Å²) in [5, 5.41) is 0. The predicted molar refractivity (Wildman–Crippen MR) is 71.8 cm³/mol. The van der Waals surface area contributed by atoms with E-state index in [1.807, 2.05) is 29.0 Å². The van der Waals surface area contributed by atoms with E-state index >= 15 is 0 Å². The van der Waals surface area contributed by atoms with Crippen LogP contribution in [-0.2, 0) is 25.7 Å². The smallest absolute Gasteiger partial charge is 0.218 e. The quantitative estimate of drug-likeness (QED) is 0.425. The first-order valence-electron chi connectivity index (χ1n) is 6.28. The molecule has 0 aliphatic carbocycles. The van der Waals surface area contributed by atoms with E-state index in [-0.39, 0.29) is 6.61 Å². The molecule has 110 valence electrons. The third-order valence-electron chi connectivity index (χ3n) is 3.09. The average molecular weight is 299 g/mol. The Balaban J connectivity index is 2.10. The van der Waals surface area contributed by atoms with E-state index in [1.54, 1.807) is 0 Å². The molecule has 0 saturated carbocycles. The van der Waals surface area contributed by atoms with Crippen molar-refractivity contribution in [2.75, 3.05) is 26.8 Å². The molecule has 1 unspecified atom stereocenters. The van der Waals surface area contributed by atoms with Crippen LogP contribution in [0.15, 0.2) is 24.3 Å². The highest BCUT2D eigenvalue weighted by molar-refractivity contribution is 7.80. The number of rotatable bonds is 6. The van der Waals surface area contributed by atoms with Crippen molar-refractivity contribution in [1.82, 2.24) is 0 Å². The molecular formula is C13H17NO5S. The van der Waals surface area contributed by atoms with Crippen LogP contribution in [0.4, 0.5) is 0 Å². The zero-order chi connectivity index (χ0) is 14.6. The Bertz CT molecular complexity index is 597. The van der Waals surface area contributed by atoms with Gasteiger partial charge in [0.05, 0.1) is 6.61 Å². The molecule has 7 heteroatoms. The van der Waals surface area contributed by atoms with E-state index in [4.69, 9.17) is 4.74 Å². The molecule has 1 aromatic carbocycles. The summed E-state index contributed by atoms with van der Waals surface area (Å²) in [6.07, 6.45) is 2.02. The van der Waals surface area contributed by atoms with Gasteiger partial charge in [-0.15, -0.1) is 0 Å². The molecular weight excluding hydrogens is 282 g/mol. The van der Waals surface area contributed by atoms with Crippen LogP contribution in [0.25, 0.3) is 0 Å². The second kappa shape index (κ2) is 6.45. The first-order chi connectivity index (χ1) is 9.48. The first-order valence-corrected chi connectivity index (χ1v) is 7.61. The maximum atomic E-state index is 10.7. The topological polar surface area (TPSA) is 78.7 Å².